The van der Waals surface area contributed by atoms with Crippen molar-refractivity contribution in [3.05, 3.63) is 24.3 Å². The molecule has 0 heterocycles. The number of ether oxygens (including phenoxy) is 3. The van der Waals surface area contributed by atoms with Gasteiger partial charge in [-0.2, -0.15) is 0 Å². The summed E-state index contributed by atoms with van der Waals surface area (Å²) in [5, 5.41) is 0. The fourth-order valence-corrected chi connectivity index (χ4v) is 9.12. The number of carbonyl (C=O) groups is 3. The maximum Gasteiger partial charge on any atom is 0.306 e. The minimum Gasteiger partial charge on any atom is -0.462 e. The summed E-state index contributed by atoms with van der Waals surface area (Å²) in [5.41, 5.74) is 0. The van der Waals surface area contributed by atoms with Crippen LogP contribution in [0.1, 0.15) is 335 Å². The molecule has 0 aromatic heterocycles. The summed E-state index contributed by atoms with van der Waals surface area (Å²) in [6, 6.07) is 0. The fraction of sp³-hybridized carbons (Fsp3) is 0.887. The molecule has 0 radical (unpaired) electrons. The predicted molar refractivity (Wildman–Crippen MR) is 293 cm³/mol. The lowest BCUT2D eigenvalue weighted by atomic mass is 10.0. The highest BCUT2D eigenvalue weighted by molar-refractivity contribution is 5.71. The van der Waals surface area contributed by atoms with Crippen molar-refractivity contribution in [2.45, 2.75) is 341 Å². The molecule has 0 aliphatic rings. The molecule has 0 unspecified atom stereocenters. The van der Waals surface area contributed by atoms with Crippen LogP contribution in [0.25, 0.3) is 0 Å². The molecular formula is C62H116O6. The Morgan fingerprint density at radius 3 is 0.838 bits per heavy atom. The molecule has 0 fully saturated rings. The van der Waals surface area contributed by atoms with Crippen molar-refractivity contribution in [2.24, 2.45) is 0 Å². The van der Waals surface area contributed by atoms with E-state index in [1.807, 2.05) is 0 Å². The molecule has 0 rings (SSSR count). The third kappa shape index (κ3) is 54.8. The van der Waals surface area contributed by atoms with E-state index < -0.39 is 6.10 Å². The van der Waals surface area contributed by atoms with Gasteiger partial charge >= 0.3 is 17.9 Å². The Morgan fingerprint density at radius 2 is 0.529 bits per heavy atom. The van der Waals surface area contributed by atoms with Crippen molar-refractivity contribution in [3.8, 4) is 0 Å². The van der Waals surface area contributed by atoms with Crippen LogP contribution in [0.2, 0.25) is 0 Å². The molecule has 0 aromatic rings. The highest BCUT2D eigenvalue weighted by Gasteiger charge is 2.19. The van der Waals surface area contributed by atoms with Crippen molar-refractivity contribution in [3.63, 3.8) is 0 Å². The summed E-state index contributed by atoms with van der Waals surface area (Å²) in [7, 11) is 0. The number of allylic oxidation sites excluding steroid dienone is 4. The molecule has 0 aromatic carbocycles. The molecule has 0 saturated heterocycles. The van der Waals surface area contributed by atoms with Crippen LogP contribution in [0.3, 0.4) is 0 Å². The second-order valence-electron chi connectivity index (χ2n) is 20.6. The molecule has 0 amide bonds. The van der Waals surface area contributed by atoms with E-state index in [1.54, 1.807) is 0 Å². The third-order valence-electron chi connectivity index (χ3n) is 13.7. The molecule has 6 nitrogen and oxygen atoms in total. The van der Waals surface area contributed by atoms with E-state index in [2.05, 4.69) is 45.1 Å². The molecule has 400 valence electrons. The maximum absolute atomic E-state index is 12.9. The van der Waals surface area contributed by atoms with Gasteiger partial charge in [-0.1, -0.05) is 289 Å². The first-order valence-electron chi connectivity index (χ1n) is 30.3. The summed E-state index contributed by atoms with van der Waals surface area (Å²) in [5.74, 6) is -0.845. The smallest absolute Gasteiger partial charge is 0.306 e. The fourth-order valence-electron chi connectivity index (χ4n) is 9.12. The van der Waals surface area contributed by atoms with Crippen molar-refractivity contribution in [2.75, 3.05) is 13.2 Å². The molecule has 0 spiro atoms. The summed E-state index contributed by atoms with van der Waals surface area (Å²) >= 11 is 0. The summed E-state index contributed by atoms with van der Waals surface area (Å²) in [4.78, 5) is 38.2. The highest BCUT2D eigenvalue weighted by atomic mass is 16.6. The lowest BCUT2D eigenvalue weighted by Crippen LogP contribution is -2.30. The van der Waals surface area contributed by atoms with Gasteiger partial charge in [-0.05, 0) is 51.4 Å². The molecule has 1 atom stereocenters. The monoisotopic (exact) mass is 957 g/mol. The molecule has 0 N–H and O–H groups in total. The summed E-state index contributed by atoms with van der Waals surface area (Å²) in [6.07, 6.45) is 67.4. The number of rotatable bonds is 56. The van der Waals surface area contributed by atoms with Crippen LogP contribution in [0.5, 0.6) is 0 Å². The topological polar surface area (TPSA) is 78.9 Å². The van der Waals surface area contributed by atoms with Gasteiger partial charge in [0, 0.05) is 19.3 Å². The molecule has 68 heavy (non-hydrogen) atoms. The minimum absolute atomic E-state index is 0.0664. The normalized spacial score (nSPS) is 12.1. The van der Waals surface area contributed by atoms with Crippen molar-refractivity contribution in [1.29, 1.82) is 0 Å². The Kier molecular flexibility index (Phi) is 55.7. The Bertz CT molecular complexity index is 1100. The van der Waals surface area contributed by atoms with E-state index in [1.165, 1.54) is 231 Å². The zero-order chi connectivity index (χ0) is 49.3. The van der Waals surface area contributed by atoms with Gasteiger partial charge in [-0.25, -0.2) is 0 Å². The number of hydrogen-bond acceptors (Lipinski definition) is 6. The first-order valence-corrected chi connectivity index (χ1v) is 30.3. The second-order valence-corrected chi connectivity index (χ2v) is 20.6. The van der Waals surface area contributed by atoms with Crippen LogP contribution in [0, 0.1) is 0 Å². The average molecular weight is 958 g/mol. The molecule has 0 bridgehead atoms. The molecular weight excluding hydrogens is 841 g/mol. The van der Waals surface area contributed by atoms with Crippen molar-refractivity contribution < 1.29 is 28.6 Å². The summed E-state index contributed by atoms with van der Waals surface area (Å²) < 4.78 is 16.9. The Labute approximate surface area is 423 Å². The van der Waals surface area contributed by atoms with Crippen molar-refractivity contribution in [1.82, 2.24) is 0 Å². The van der Waals surface area contributed by atoms with E-state index in [0.717, 1.165) is 64.2 Å². The summed E-state index contributed by atoms with van der Waals surface area (Å²) in [6.45, 7) is 6.67. The lowest BCUT2D eigenvalue weighted by Gasteiger charge is -2.18. The predicted octanol–water partition coefficient (Wildman–Crippen LogP) is 20.3. The first kappa shape index (κ1) is 65.9. The minimum atomic E-state index is -0.768. The van der Waals surface area contributed by atoms with Gasteiger partial charge in [0.25, 0.3) is 0 Å². The number of unbranched alkanes of at least 4 members (excludes halogenated alkanes) is 41. The van der Waals surface area contributed by atoms with Crippen molar-refractivity contribution >= 4 is 17.9 Å². The van der Waals surface area contributed by atoms with E-state index in [9.17, 15) is 14.4 Å². The van der Waals surface area contributed by atoms with E-state index in [-0.39, 0.29) is 31.1 Å². The largest absolute Gasteiger partial charge is 0.462 e. The van der Waals surface area contributed by atoms with Crippen LogP contribution in [-0.4, -0.2) is 37.2 Å². The van der Waals surface area contributed by atoms with Gasteiger partial charge in [0.15, 0.2) is 6.10 Å². The third-order valence-corrected chi connectivity index (χ3v) is 13.7. The van der Waals surface area contributed by atoms with Gasteiger partial charge < -0.3 is 14.2 Å². The van der Waals surface area contributed by atoms with E-state index in [0.29, 0.717) is 19.3 Å². The molecule has 0 saturated carbocycles. The number of esters is 3. The number of carbonyl (C=O) groups excluding carboxylic acids is 3. The van der Waals surface area contributed by atoms with Gasteiger partial charge in [0.05, 0.1) is 0 Å². The second kappa shape index (κ2) is 57.5. The molecule has 6 heteroatoms. The van der Waals surface area contributed by atoms with Gasteiger partial charge in [0.1, 0.15) is 13.2 Å². The van der Waals surface area contributed by atoms with Gasteiger partial charge in [0.2, 0.25) is 0 Å². The van der Waals surface area contributed by atoms with Crippen LogP contribution in [-0.2, 0) is 28.6 Å². The number of hydrogen-bond donors (Lipinski definition) is 0. The quantitative estimate of drug-likeness (QED) is 0.0262. The van der Waals surface area contributed by atoms with Crippen LogP contribution >= 0.6 is 0 Å². The maximum atomic E-state index is 12.9. The van der Waals surface area contributed by atoms with Crippen LogP contribution < -0.4 is 0 Å². The van der Waals surface area contributed by atoms with Crippen LogP contribution in [0.15, 0.2) is 24.3 Å². The van der Waals surface area contributed by atoms with Gasteiger partial charge in [-0.3, -0.25) is 14.4 Å². The standard InChI is InChI=1S/C62H116O6/c1-4-7-10-13-16-19-22-25-28-30-31-33-34-37-40-43-46-49-52-55-61(64)67-58-59(57-66-60(63)54-51-48-45-42-39-36-27-24-21-18-15-12-9-6-3)68-62(65)56-53-50-47-44-41-38-35-32-29-26-23-20-17-14-11-8-5-2/h16,19,25,28,59H,4-15,17-18,20-24,26-27,29-58H2,1-3H3/b19-16-,28-25-/t59-/m1/s1. The van der Waals surface area contributed by atoms with Crippen LogP contribution in [0.4, 0.5) is 0 Å². The Morgan fingerprint density at radius 1 is 0.294 bits per heavy atom. The highest BCUT2D eigenvalue weighted by Crippen LogP contribution is 2.17. The lowest BCUT2D eigenvalue weighted by molar-refractivity contribution is -0.167. The van der Waals surface area contributed by atoms with Gasteiger partial charge in [-0.15, -0.1) is 0 Å². The van der Waals surface area contributed by atoms with E-state index >= 15 is 0 Å². The zero-order valence-corrected chi connectivity index (χ0v) is 45.9. The average Bonchev–Trinajstić information content (AvgIpc) is 3.34. The first-order chi connectivity index (χ1) is 33.5. The molecule has 0 aliphatic heterocycles. The molecule has 0 aliphatic carbocycles. The Balaban J connectivity index is 4.31. The SMILES string of the molecule is CCCCC/C=C\C/C=C\CCCCCCCCCCCC(=O)OC[C@@H](COC(=O)CCCCCCCCCCCCCCCC)OC(=O)CCCCCCCCCCCCCCCCCCC. The Hall–Kier alpha value is -2.11. The zero-order valence-electron chi connectivity index (χ0n) is 45.9. The van der Waals surface area contributed by atoms with E-state index in [4.69, 9.17) is 14.2 Å².